The van der Waals surface area contributed by atoms with E-state index in [1.54, 1.807) is 0 Å². The van der Waals surface area contributed by atoms with Crippen molar-refractivity contribution in [1.29, 1.82) is 0 Å². The summed E-state index contributed by atoms with van der Waals surface area (Å²) in [5, 5.41) is 0. The third-order valence-corrected chi connectivity index (χ3v) is 11.6. The molecule has 1 aliphatic heterocycles. The molecule has 7 aromatic carbocycles. The van der Waals surface area contributed by atoms with Crippen molar-refractivity contribution in [2.24, 2.45) is 4.99 Å². The molecule has 1 heteroatoms. The first-order valence-corrected chi connectivity index (χ1v) is 17.1. The standard InChI is InChI=1S/C47H31N/c1-12-24-45-31(13-1)29-32(48-45)27-30-25-26-40-36(28-30)35-16-4-7-19-39(35)47(40)43-22-10-8-20-41(43)46(42-21-9-11-23-44(42)47)37-17-5-2-14-33(37)34-15-3-6-18-38(34)46/h1-26,28H,27,29H2. The molecule has 0 aromatic heterocycles. The zero-order valence-corrected chi connectivity index (χ0v) is 26.4. The Bertz CT molecular complexity index is 2440. The third kappa shape index (κ3) is 3.10. The highest BCUT2D eigenvalue weighted by Crippen LogP contribution is 2.67. The van der Waals surface area contributed by atoms with Gasteiger partial charge in [0.15, 0.2) is 0 Å². The SMILES string of the molecule is c1ccc2c(c1)CC(Cc1ccc3c(c1)-c1ccccc1C31c3ccccc3C3(c4ccccc4-c4ccccc43)c3ccccc31)=N2. The van der Waals surface area contributed by atoms with Gasteiger partial charge in [-0.2, -0.15) is 0 Å². The molecule has 0 radical (unpaired) electrons. The van der Waals surface area contributed by atoms with Crippen molar-refractivity contribution >= 4 is 11.4 Å². The van der Waals surface area contributed by atoms with Crippen molar-refractivity contribution in [2.45, 2.75) is 23.7 Å². The van der Waals surface area contributed by atoms with Crippen molar-refractivity contribution < 1.29 is 0 Å². The molecular weight excluding hydrogens is 579 g/mol. The summed E-state index contributed by atoms with van der Waals surface area (Å²) in [4.78, 5) is 5.02. The van der Waals surface area contributed by atoms with Gasteiger partial charge >= 0.3 is 0 Å². The Morgan fingerprint density at radius 3 is 1.33 bits per heavy atom. The van der Waals surface area contributed by atoms with Gasteiger partial charge < -0.3 is 0 Å². The van der Waals surface area contributed by atoms with Gasteiger partial charge in [-0.1, -0.05) is 158 Å². The molecule has 2 spiro atoms. The first-order valence-electron chi connectivity index (χ1n) is 17.1. The van der Waals surface area contributed by atoms with Gasteiger partial charge in [0.25, 0.3) is 0 Å². The molecule has 1 nitrogen and oxygen atoms in total. The molecule has 0 bridgehead atoms. The predicted molar refractivity (Wildman–Crippen MR) is 196 cm³/mol. The molecule has 0 unspecified atom stereocenters. The number of hydrogen-bond donors (Lipinski definition) is 0. The molecule has 7 aromatic rings. The van der Waals surface area contributed by atoms with E-state index in [4.69, 9.17) is 4.99 Å². The molecular formula is C47H31N. The van der Waals surface area contributed by atoms with Gasteiger partial charge in [-0.3, -0.25) is 4.99 Å². The Balaban J connectivity index is 1.19. The highest BCUT2D eigenvalue weighted by Gasteiger charge is 2.58. The second kappa shape index (κ2) is 9.40. The van der Waals surface area contributed by atoms with Gasteiger partial charge in [0.1, 0.15) is 0 Å². The molecule has 0 saturated carbocycles. The van der Waals surface area contributed by atoms with Crippen LogP contribution in [0.1, 0.15) is 55.6 Å². The van der Waals surface area contributed by atoms with Gasteiger partial charge in [-0.15, -0.1) is 0 Å². The lowest BCUT2D eigenvalue weighted by Crippen LogP contribution is -2.43. The van der Waals surface area contributed by atoms with Gasteiger partial charge in [-0.05, 0) is 84.0 Å². The second-order valence-corrected chi connectivity index (χ2v) is 13.8. The quantitative estimate of drug-likeness (QED) is 0.185. The number of para-hydroxylation sites is 1. The summed E-state index contributed by atoms with van der Waals surface area (Å²) < 4.78 is 0. The van der Waals surface area contributed by atoms with Crippen LogP contribution in [0, 0.1) is 0 Å². The molecule has 0 amide bonds. The number of hydrogen-bond acceptors (Lipinski definition) is 1. The van der Waals surface area contributed by atoms with E-state index in [9.17, 15) is 0 Å². The third-order valence-electron chi connectivity index (χ3n) is 11.6. The van der Waals surface area contributed by atoms with Crippen LogP contribution < -0.4 is 0 Å². The minimum Gasteiger partial charge on any atom is -0.257 e. The van der Waals surface area contributed by atoms with Crippen LogP contribution >= 0.6 is 0 Å². The fourth-order valence-corrected chi connectivity index (χ4v) is 9.94. The maximum Gasteiger partial charge on any atom is 0.0720 e. The Morgan fingerprint density at radius 2 is 0.812 bits per heavy atom. The minimum absolute atomic E-state index is 0.404. The summed E-state index contributed by atoms with van der Waals surface area (Å²) in [7, 11) is 0. The number of fused-ring (bicyclic) bond motifs is 17. The average Bonchev–Trinajstić information content (AvgIpc) is 3.78. The Hall–Kier alpha value is -5.79. The topological polar surface area (TPSA) is 12.4 Å². The van der Waals surface area contributed by atoms with E-state index in [0.29, 0.717) is 0 Å². The highest BCUT2D eigenvalue weighted by molar-refractivity contribution is 5.97. The molecule has 0 saturated heterocycles. The molecule has 3 aliphatic carbocycles. The fraction of sp³-hybridized carbons (Fsp3) is 0.0851. The van der Waals surface area contributed by atoms with Crippen LogP contribution in [0.25, 0.3) is 22.3 Å². The monoisotopic (exact) mass is 609 g/mol. The van der Waals surface area contributed by atoms with Crippen molar-refractivity contribution in [3.63, 3.8) is 0 Å². The first-order chi connectivity index (χ1) is 23.8. The Morgan fingerprint density at radius 1 is 0.396 bits per heavy atom. The molecule has 48 heavy (non-hydrogen) atoms. The Labute approximate surface area is 280 Å². The molecule has 0 fully saturated rings. The molecule has 1 heterocycles. The van der Waals surface area contributed by atoms with E-state index in [1.165, 1.54) is 83.6 Å². The lowest BCUT2D eigenvalue weighted by atomic mass is 9.52. The lowest BCUT2D eigenvalue weighted by molar-refractivity contribution is 0.633. The van der Waals surface area contributed by atoms with Crippen LogP contribution in [0.3, 0.4) is 0 Å². The van der Waals surface area contributed by atoms with Crippen LogP contribution in [-0.2, 0) is 23.7 Å². The zero-order chi connectivity index (χ0) is 31.5. The summed E-state index contributed by atoms with van der Waals surface area (Å²) in [6.45, 7) is 0. The lowest BCUT2D eigenvalue weighted by Gasteiger charge is -2.48. The first kappa shape index (κ1) is 26.3. The summed E-state index contributed by atoms with van der Waals surface area (Å²) in [6.07, 6.45) is 1.79. The Kier molecular flexibility index (Phi) is 5.15. The van der Waals surface area contributed by atoms with Crippen molar-refractivity contribution in [3.05, 3.63) is 219 Å². The van der Waals surface area contributed by atoms with Crippen molar-refractivity contribution in [3.8, 4) is 22.3 Å². The van der Waals surface area contributed by atoms with Crippen LogP contribution in [0.4, 0.5) is 5.69 Å². The zero-order valence-electron chi connectivity index (χ0n) is 26.4. The summed E-state index contributed by atoms with van der Waals surface area (Å²) >= 11 is 0. The van der Waals surface area contributed by atoms with Gasteiger partial charge in [0.2, 0.25) is 0 Å². The molecule has 0 N–H and O–H groups in total. The second-order valence-electron chi connectivity index (χ2n) is 13.8. The molecule has 4 aliphatic rings. The number of rotatable bonds is 2. The molecule has 11 rings (SSSR count). The summed E-state index contributed by atoms with van der Waals surface area (Å²) in [5.41, 5.74) is 20.5. The van der Waals surface area contributed by atoms with E-state index in [0.717, 1.165) is 18.5 Å². The van der Waals surface area contributed by atoms with Crippen LogP contribution in [0.2, 0.25) is 0 Å². The number of aliphatic imine (C=N–C) groups is 1. The van der Waals surface area contributed by atoms with Gasteiger partial charge in [0.05, 0.1) is 16.5 Å². The maximum absolute atomic E-state index is 5.02. The maximum atomic E-state index is 5.02. The van der Waals surface area contributed by atoms with Crippen LogP contribution in [0.15, 0.2) is 169 Å². The van der Waals surface area contributed by atoms with E-state index < -0.39 is 10.8 Å². The summed E-state index contributed by atoms with van der Waals surface area (Å²) in [6, 6.07) is 61.8. The van der Waals surface area contributed by atoms with Gasteiger partial charge in [-0.25, -0.2) is 0 Å². The molecule has 0 atom stereocenters. The molecule has 224 valence electrons. The predicted octanol–water partition coefficient (Wildman–Crippen LogP) is 10.6. The number of benzene rings is 7. The number of nitrogens with zero attached hydrogens (tertiary/aromatic N) is 1. The van der Waals surface area contributed by atoms with E-state index in [-0.39, 0.29) is 0 Å². The smallest absolute Gasteiger partial charge is 0.0720 e. The van der Waals surface area contributed by atoms with Crippen LogP contribution in [0.5, 0.6) is 0 Å². The minimum atomic E-state index is -0.434. The van der Waals surface area contributed by atoms with E-state index in [2.05, 4.69) is 164 Å². The van der Waals surface area contributed by atoms with Crippen LogP contribution in [-0.4, -0.2) is 5.71 Å². The van der Waals surface area contributed by atoms with Gasteiger partial charge in [0, 0.05) is 18.6 Å². The normalized spacial score (nSPS) is 16.0. The summed E-state index contributed by atoms with van der Waals surface area (Å²) in [5.74, 6) is 0. The average molecular weight is 610 g/mol. The fourth-order valence-electron chi connectivity index (χ4n) is 9.94. The van der Waals surface area contributed by atoms with E-state index in [1.807, 2.05) is 0 Å². The largest absolute Gasteiger partial charge is 0.257 e. The highest BCUT2D eigenvalue weighted by atomic mass is 14.8. The van der Waals surface area contributed by atoms with Crippen molar-refractivity contribution in [1.82, 2.24) is 0 Å². The van der Waals surface area contributed by atoms with E-state index >= 15 is 0 Å². The van der Waals surface area contributed by atoms with Crippen molar-refractivity contribution in [2.75, 3.05) is 0 Å².